The van der Waals surface area contributed by atoms with Gasteiger partial charge in [-0.15, -0.1) is 10.2 Å². The molecule has 1 atom stereocenters. The zero-order valence-corrected chi connectivity index (χ0v) is 15.6. The molecule has 1 amide bonds. The summed E-state index contributed by atoms with van der Waals surface area (Å²) >= 11 is 0. The van der Waals surface area contributed by atoms with Gasteiger partial charge in [-0.2, -0.15) is 0 Å². The number of amides is 1. The Morgan fingerprint density at radius 3 is 2.67 bits per heavy atom. The lowest BCUT2D eigenvalue weighted by Gasteiger charge is -2.31. The van der Waals surface area contributed by atoms with Crippen molar-refractivity contribution in [1.29, 1.82) is 0 Å². The zero-order valence-electron chi connectivity index (χ0n) is 15.6. The van der Waals surface area contributed by atoms with Crippen LogP contribution in [-0.2, 0) is 11.2 Å². The largest absolute Gasteiger partial charge is 0.425 e. The minimum Gasteiger partial charge on any atom is -0.425 e. The molecule has 0 radical (unpaired) electrons. The summed E-state index contributed by atoms with van der Waals surface area (Å²) < 4.78 is 18.9. The van der Waals surface area contributed by atoms with Gasteiger partial charge in [-0.3, -0.25) is 4.79 Å². The van der Waals surface area contributed by atoms with Gasteiger partial charge < -0.3 is 9.32 Å². The van der Waals surface area contributed by atoms with Gasteiger partial charge in [0, 0.05) is 19.5 Å². The van der Waals surface area contributed by atoms with Crippen LogP contribution in [0.15, 0.2) is 28.7 Å². The first-order valence-corrected chi connectivity index (χ1v) is 10.0. The Morgan fingerprint density at radius 1 is 1.11 bits per heavy atom. The molecule has 1 aromatic heterocycles. The molecule has 2 heterocycles. The average molecular weight is 371 g/mol. The predicted molar refractivity (Wildman–Crippen MR) is 98.6 cm³/mol. The molecule has 1 saturated heterocycles. The van der Waals surface area contributed by atoms with E-state index in [-0.39, 0.29) is 17.6 Å². The maximum Gasteiger partial charge on any atom is 0.222 e. The first kappa shape index (κ1) is 18.1. The lowest BCUT2D eigenvalue weighted by molar-refractivity contribution is -0.133. The van der Waals surface area contributed by atoms with Crippen LogP contribution in [0.3, 0.4) is 0 Å². The van der Waals surface area contributed by atoms with Crippen molar-refractivity contribution in [3.05, 3.63) is 47.4 Å². The molecule has 1 aliphatic carbocycles. The van der Waals surface area contributed by atoms with Gasteiger partial charge in [0.1, 0.15) is 5.82 Å². The van der Waals surface area contributed by atoms with Crippen molar-refractivity contribution in [2.45, 2.75) is 57.3 Å². The number of hydrogen-bond donors (Lipinski definition) is 0. The van der Waals surface area contributed by atoms with Gasteiger partial charge in [0.25, 0.3) is 0 Å². The van der Waals surface area contributed by atoms with E-state index in [0.29, 0.717) is 37.1 Å². The molecule has 4 rings (SSSR count). The minimum absolute atomic E-state index is 0.112. The standard InChI is InChI=1S/C21H26FN3O2/c22-18-9-7-16(8-10-18)12-19-23-24-21(27-19)17-6-3-11-25(14-17)20(26)13-15-4-1-2-5-15/h7-10,15,17H,1-6,11-14H2. The first-order chi connectivity index (χ1) is 13.2. The van der Waals surface area contributed by atoms with Crippen molar-refractivity contribution in [2.75, 3.05) is 13.1 Å². The Morgan fingerprint density at radius 2 is 1.89 bits per heavy atom. The van der Waals surface area contributed by atoms with Gasteiger partial charge in [-0.25, -0.2) is 4.39 Å². The van der Waals surface area contributed by atoms with Crippen LogP contribution in [0.25, 0.3) is 0 Å². The van der Waals surface area contributed by atoms with E-state index in [1.165, 1.54) is 37.8 Å². The molecule has 1 aromatic carbocycles. The summed E-state index contributed by atoms with van der Waals surface area (Å²) in [4.78, 5) is 14.6. The molecule has 0 N–H and O–H groups in total. The number of piperidine rings is 1. The zero-order chi connectivity index (χ0) is 18.6. The highest BCUT2D eigenvalue weighted by molar-refractivity contribution is 5.76. The van der Waals surface area contributed by atoms with E-state index < -0.39 is 0 Å². The summed E-state index contributed by atoms with van der Waals surface area (Å²) in [6.07, 6.45) is 8.02. The van der Waals surface area contributed by atoms with E-state index in [1.54, 1.807) is 12.1 Å². The molecule has 1 aliphatic heterocycles. The molecule has 2 aliphatic rings. The van der Waals surface area contributed by atoms with E-state index in [2.05, 4.69) is 10.2 Å². The van der Waals surface area contributed by atoms with Crippen LogP contribution in [0.1, 0.15) is 68.2 Å². The Bertz CT molecular complexity index is 768. The van der Waals surface area contributed by atoms with Gasteiger partial charge in [0.2, 0.25) is 17.7 Å². The molecule has 2 fully saturated rings. The molecular formula is C21H26FN3O2. The maximum atomic E-state index is 13.0. The number of carbonyl (C=O) groups is 1. The van der Waals surface area contributed by atoms with E-state index in [9.17, 15) is 9.18 Å². The molecule has 5 nitrogen and oxygen atoms in total. The molecule has 2 aromatic rings. The Hall–Kier alpha value is -2.24. The van der Waals surface area contributed by atoms with Gasteiger partial charge in [-0.1, -0.05) is 25.0 Å². The van der Waals surface area contributed by atoms with Crippen molar-refractivity contribution in [3.8, 4) is 0 Å². The SMILES string of the molecule is O=C(CC1CCCC1)N1CCCC(c2nnc(Cc3ccc(F)cc3)o2)C1. The third kappa shape index (κ3) is 4.54. The molecule has 27 heavy (non-hydrogen) atoms. The quantitative estimate of drug-likeness (QED) is 0.794. The molecule has 144 valence electrons. The topological polar surface area (TPSA) is 59.2 Å². The Labute approximate surface area is 159 Å². The van der Waals surface area contributed by atoms with E-state index in [0.717, 1.165) is 24.9 Å². The van der Waals surface area contributed by atoms with Crippen molar-refractivity contribution < 1.29 is 13.6 Å². The number of nitrogens with zero attached hydrogens (tertiary/aromatic N) is 3. The maximum absolute atomic E-state index is 13.0. The average Bonchev–Trinajstić information content (AvgIpc) is 3.36. The fraction of sp³-hybridized carbons (Fsp3) is 0.571. The fourth-order valence-electron chi connectivity index (χ4n) is 4.28. The lowest BCUT2D eigenvalue weighted by Crippen LogP contribution is -2.39. The minimum atomic E-state index is -0.255. The summed E-state index contributed by atoms with van der Waals surface area (Å²) in [7, 11) is 0. The van der Waals surface area contributed by atoms with Crippen LogP contribution in [0.5, 0.6) is 0 Å². The van der Waals surface area contributed by atoms with E-state index in [1.807, 2.05) is 4.90 Å². The summed E-state index contributed by atoms with van der Waals surface area (Å²) in [6, 6.07) is 6.32. The number of hydrogen-bond acceptors (Lipinski definition) is 4. The normalized spacial score (nSPS) is 20.9. The highest BCUT2D eigenvalue weighted by atomic mass is 19.1. The monoisotopic (exact) mass is 371 g/mol. The fourth-order valence-corrected chi connectivity index (χ4v) is 4.28. The Kier molecular flexibility index (Phi) is 5.50. The molecule has 1 saturated carbocycles. The summed E-state index contributed by atoms with van der Waals surface area (Å²) in [6.45, 7) is 1.50. The molecule has 1 unspecified atom stereocenters. The summed E-state index contributed by atoms with van der Waals surface area (Å²) in [5.74, 6) is 1.85. The second-order valence-corrected chi connectivity index (χ2v) is 7.87. The first-order valence-electron chi connectivity index (χ1n) is 10.0. The van der Waals surface area contributed by atoms with Crippen LogP contribution >= 0.6 is 0 Å². The van der Waals surface area contributed by atoms with Crippen LogP contribution in [0.4, 0.5) is 4.39 Å². The van der Waals surface area contributed by atoms with Crippen LogP contribution in [0.2, 0.25) is 0 Å². The highest BCUT2D eigenvalue weighted by Gasteiger charge is 2.30. The van der Waals surface area contributed by atoms with E-state index >= 15 is 0 Å². The molecule has 6 heteroatoms. The smallest absolute Gasteiger partial charge is 0.222 e. The number of aromatic nitrogens is 2. The summed E-state index contributed by atoms with van der Waals surface area (Å²) in [5, 5.41) is 8.37. The van der Waals surface area contributed by atoms with Crippen molar-refractivity contribution in [3.63, 3.8) is 0 Å². The predicted octanol–water partition coefficient (Wildman–Crippen LogP) is 4.09. The van der Waals surface area contributed by atoms with Crippen molar-refractivity contribution in [1.82, 2.24) is 15.1 Å². The van der Waals surface area contributed by atoms with Crippen LogP contribution < -0.4 is 0 Å². The number of rotatable bonds is 5. The lowest BCUT2D eigenvalue weighted by atomic mass is 9.96. The second kappa shape index (κ2) is 8.19. The van der Waals surface area contributed by atoms with Crippen LogP contribution in [0, 0.1) is 11.7 Å². The number of halogens is 1. The van der Waals surface area contributed by atoms with Gasteiger partial charge in [0.05, 0.1) is 12.3 Å². The molecule has 0 spiro atoms. The Balaban J connectivity index is 1.36. The van der Waals surface area contributed by atoms with Crippen molar-refractivity contribution >= 4 is 5.91 Å². The molecular weight excluding hydrogens is 345 g/mol. The van der Waals surface area contributed by atoms with Gasteiger partial charge in [-0.05, 0) is 49.3 Å². The molecule has 0 bridgehead atoms. The number of carbonyl (C=O) groups excluding carboxylic acids is 1. The summed E-state index contributed by atoms with van der Waals surface area (Å²) in [5.41, 5.74) is 0.934. The van der Waals surface area contributed by atoms with E-state index in [4.69, 9.17) is 4.42 Å². The van der Waals surface area contributed by atoms with Crippen molar-refractivity contribution in [2.24, 2.45) is 5.92 Å². The number of likely N-dealkylation sites (tertiary alicyclic amines) is 1. The van der Waals surface area contributed by atoms with Gasteiger partial charge in [0.15, 0.2) is 0 Å². The number of benzene rings is 1. The highest BCUT2D eigenvalue weighted by Crippen LogP contribution is 2.31. The van der Waals surface area contributed by atoms with Crippen LogP contribution in [-0.4, -0.2) is 34.1 Å². The third-order valence-electron chi connectivity index (χ3n) is 5.81. The second-order valence-electron chi connectivity index (χ2n) is 7.87. The third-order valence-corrected chi connectivity index (χ3v) is 5.81. The van der Waals surface area contributed by atoms with Gasteiger partial charge >= 0.3 is 0 Å².